The zero-order valence-corrected chi connectivity index (χ0v) is 9.24. The van der Waals surface area contributed by atoms with E-state index in [1.807, 2.05) is 0 Å². The van der Waals surface area contributed by atoms with Gasteiger partial charge in [-0.15, -0.1) is 22.7 Å². The number of fused-ring (bicyclic) bond motifs is 2. The fraction of sp³-hybridized carbons (Fsp3) is 0.111. The minimum Gasteiger partial charge on any atom is -0.286 e. The van der Waals surface area contributed by atoms with E-state index in [9.17, 15) is 9.59 Å². The topological polar surface area (TPSA) is 59.9 Å². The lowest BCUT2D eigenvalue weighted by Gasteiger charge is -2.05. The van der Waals surface area contributed by atoms with E-state index in [1.54, 1.807) is 6.92 Å². The summed E-state index contributed by atoms with van der Waals surface area (Å²) in [5.74, 6) is -0.349. The first kappa shape index (κ1) is 8.87. The second kappa shape index (κ2) is 2.80. The van der Waals surface area contributed by atoms with Gasteiger partial charge < -0.3 is 0 Å². The molecule has 0 aromatic carbocycles. The molecule has 0 unspecified atom stereocenters. The van der Waals surface area contributed by atoms with Crippen LogP contribution in [0.1, 0.15) is 35.7 Å². The van der Waals surface area contributed by atoms with Crippen molar-refractivity contribution in [1.82, 2.24) is 9.97 Å². The van der Waals surface area contributed by atoms with Crippen molar-refractivity contribution in [2.45, 2.75) is 6.92 Å². The molecule has 0 bridgehead atoms. The standard InChI is InChI=1S/C9H4N2O2S2/c1-3-11-5-7(13)8-4(10-2-14-8)6(12)9(5)15-3/h2H,1H3. The van der Waals surface area contributed by atoms with Crippen LogP contribution in [-0.4, -0.2) is 21.5 Å². The highest BCUT2D eigenvalue weighted by Gasteiger charge is 2.35. The zero-order valence-electron chi connectivity index (χ0n) is 7.60. The molecule has 0 saturated carbocycles. The monoisotopic (exact) mass is 236 g/mol. The van der Waals surface area contributed by atoms with Gasteiger partial charge in [-0.1, -0.05) is 0 Å². The number of hydrogen-bond acceptors (Lipinski definition) is 6. The molecule has 1 aliphatic rings. The van der Waals surface area contributed by atoms with E-state index < -0.39 is 0 Å². The Kier molecular flexibility index (Phi) is 1.66. The van der Waals surface area contributed by atoms with Crippen LogP contribution in [-0.2, 0) is 0 Å². The highest BCUT2D eigenvalue weighted by Crippen LogP contribution is 2.31. The van der Waals surface area contributed by atoms with Crippen LogP contribution in [0.4, 0.5) is 0 Å². The van der Waals surface area contributed by atoms with Gasteiger partial charge in [-0.05, 0) is 6.92 Å². The second-order valence-corrected chi connectivity index (χ2v) is 5.16. The predicted octanol–water partition coefficient (Wildman–Crippen LogP) is 1.68. The Morgan fingerprint density at radius 3 is 2.67 bits per heavy atom. The van der Waals surface area contributed by atoms with E-state index in [2.05, 4.69) is 9.97 Å². The molecule has 6 heteroatoms. The Morgan fingerprint density at radius 1 is 1.13 bits per heavy atom. The Hall–Kier alpha value is -1.40. The fourth-order valence-corrected chi connectivity index (χ4v) is 3.10. The Bertz CT molecular complexity index is 549. The molecule has 74 valence electrons. The summed E-state index contributed by atoms with van der Waals surface area (Å²) in [4.78, 5) is 32.6. The number of aromatic nitrogens is 2. The average Bonchev–Trinajstić information content (AvgIpc) is 2.79. The van der Waals surface area contributed by atoms with E-state index in [0.29, 0.717) is 15.4 Å². The van der Waals surface area contributed by atoms with Crippen molar-refractivity contribution < 1.29 is 9.59 Å². The molecular formula is C9H4N2O2S2. The molecule has 0 fully saturated rings. The summed E-state index contributed by atoms with van der Waals surface area (Å²) in [6, 6.07) is 0. The molecule has 3 rings (SSSR count). The van der Waals surface area contributed by atoms with Crippen molar-refractivity contribution in [3.05, 3.63) is 31.7 Å². The Balaban J connectivity index is 2.34. The van der Waals surface area contributed by atoms with Gasteiger partial charge in [-0.25, -0.2) is 9.97 Å². The number of ketones is 2. The van der Waals surface area contributed by atoms with E-state index >= 15 is 0 Å². The molecule has 0 N–H and O–H groups in total. The number of thiazole rings is 2. The van der Waals surface area contributed by atoms with Crippen LogP contribution in [0, 0.1) is 6.92 Å². The maximum absolute atomic E-state index is 11.9. The van der Waals surface area contributed by atoms with Crippen LogP contribution in [0.3, 0.4) is 0 Å². The van der Waals surface area contributed by atoms with Gasteiger partial charge in [0.1, 0.15) is 21.1 Å². The number of hydrogen-bond donors (Lipinski definition) is 0. The highest BCUT2D eigenvalue weighted by molar-refractivity contribution is 7.16. The van der Waals surface area contributed by atoms with Crippen LogP contribution >= 0.6 is 22.7 Å². The maximum Gasteiger partial charge on any atom is 0.225 e. The average molecular weight is 236 g/mol. The molecule has 0 saturated heterocycles. The van der Waals surface area contributed by atoms with Crippen molar-refractivity contribution in [3.8, 4) is 0 Å². The number of carbonyl (C=O) groups is 2. The predicted molar refractivity (Wildman–Crippen MR) is 55.8 cm³/mol. The van der Waals surface area contributed by atoms with Crippen molar-refractivity contribution in [2.75, 3.05) is 0 Å². The molecule has 4 nitrogen and oxygen atoms in total. The molecule has 0 atom stereocenters. The van der Waals surface area contributed by atoms with Crippen molar-refractivity contribution in [2.24, 2.45) is 0 Å². The van der Waals surface area contributed by atoms with Crippen LogP contribution in [0.2, 0.25) is 0 Å². The first-order valence-corrected chi connectivity index (χ1v) is 5.88. The number of rotatable bonds is 0. The van der Waals surface area contributed by atoms with Crippen LogP contribution in [0.15, 0.2) is 5.51 Å². The van der Waals surface area contributed by atoms with Gasteiger partial charge in [-0.2, -0.15) is 0 Å². The third-order valence-corrected chi connectivity index (χ3v) is 3.94. The molecule has 0 amide bonds. The lowest BCUT2D eigenvalue weighted by molar-refractivity contribution is 0.0979. The summed E-state index contributed by atoms with van der Waals surface area (Å²) >= 11 is 2.45. The normalized spacial score (nSPS) is 13.9. The van der Waals surface area contributed by atoms with Gasteiger partial charge in [0.15, 0.2) is 0 Å². The van der Waals surface area contributed by atoms with Crippen molar-refractivity contribution in [3.63, 3.8) is 0 Å². The summed E-state index contributed by atoms with van der Waals surface area (Å²) in [5, 5.41) is 0.733. The molecule has 0 spiro atoms. The van der Waals surface area contributed by atoms with E-state index in [0.717, 1.165) is 5.01 Å². The van der Waals surface area contributed by atoms with Gasteiger partial charge in [-0.3, -0.25) is 9.59 Å². The summed E-state index contributed by atoms with van der Waals surface area (Å²) in [7, 11) is 0. The fourth-order valence-electron chi connectivity index (χ4n) is 1.52. The van der Waals surface area contributed by atoms with Crippen molar-refractivity contribution >= 4 is 34.2 Å². The molecule has 2 aromatic heterocycles. The largest absolute Gasteiger partial charge is 0.286 e. The minimum atomic E-state index is -0.175. The number of nitrogens with zero attached hydrogens (tertiary/aromatic N) is 2. The molecule has 0 radical (unpaired) electrons. The summed E-state index contributed by atoms with van der Waals surface area (Å²) in [6.45, 7) is 1.78. The van der Waals surface area contributed by atoms with Crippen LogP contribution in [0.25, 0.3) is 0 Å². The molecule has 0 aliphatic heterocycles. The van der Waals surface area contributed by atoms with E-state index in [1.165, 1.54) is 28.2 Å². The van der Waals surface area contributed by atoms with Gasteiger partial charge in [0, 0.05) is 0 Å². The van der Waals surface area contributed by atoms with Gasteiger partial charge in [0.2, 0.25) is 11.6 Å². The Morgan fingerprint density at radius 2 is 1.87 bits per heavy atom. The SMILES string of the molecule is Cc1nc2c(s1)C(=O)c1ncsc1C2=O. The van der Waals surface area contributed by atoms with Gasteiger partial charge in [0.25, 0.3) is 0 Å². The lowest BCUT2D eigenvalue weighted by Crippen LogP contribution is -2.18. The molecule has 2 aromatic rings. The summed E-state index contributed by atoms with van der Waals surface area (Å²) < 4.78 is 0. The van der Waals surface area contributed by atoms with E-state index in [4.69, 9.17) is 0 Å². The lowest BCUT2D eigenvalue weighted by atomic mass is 10.0. The highest BCUT2D eigenvalue weighted by atomic mass is 32.1. The number of aryl methyl sites for hydroxylation is 1. The van der Waals surface area contributed by atoms with E-state index in [-0.39, 0.29) is 17.3 Å². The third kappa shape index (κ3) is 1.06. The second-order valence-electron chi connectivity index (χ2n) is 3.10. The quantitative estimate of drug-likeness (QED) is 0.596. The maximum atomic E-state index is 11.9. The van der Waals surface area contributed by atoms with Gasteiger partial charge in [0.05, 0.1) is 10.5 Å². The molecule has 15 heavy (non-hydrogen) atoms. The molecule has 1 aliphatic carbocycles. The third-order valence-electron chi connectivity index (χ3n) is 2.14. The zero-order chi connectivity index (χ0) is 10.6. The van der Waals surface area contributed by atoms with Crippen molar-refractivity contribution in [1.29, 1.82) is 0 Å². The van der Waals surface area contributed by atoms with Crippen LogP contribution < -0.4 is 0 Å². The minimum absolute atomic E-state index is 0.175. The first-order chi connectivity index (χ1) is 7.18. The smallest absolute Gasteiger partial charge is 0.225 e. The molecular weight excluding hydrogens is 232 g/mol. The van der Waals surface area contributed by atoms with Crippen LogP contribution in [0.5, 0.6) is 0 Å². The van der Waals surface area contributed by atoms with Gasteiger partial charge >= 0.3 is 0 Å². The first-order valence-electron chi connectivity index (χ1n) is 4.19. The summed E-state index contributed by atoms with van der Waals surface area (Å²) in [6.07, 6.45) is 0. The summed E-state index contributed by atoms with van der Waals surface area (Å²) in [5.41, 5.74) is 2.09. The Labute approximate surface area is 92.6 Å². The number of carbonyl (C=O) groups excluding carboxylic acids is 2. The molecule has 2 heterocycles.